The average molecular weight is 262 g/mol. The Morgan fingerprint density at radius 3 is 2.84 bits per heavy atom. The number of carbonyl (C=O) groups excluding carboxylic acids is 1. The molecule has 1 fully saturated rings. The van der Waals surface area contributed by atoms with Crippen molar-refractivity contribution in [2.24, 2.45) is 5.92 Å². The van der Waals surface area contributed by atoms with Gasteiger partial charge in [0.1, 0.15) is 0 Å². The van der Waals surface area contributed by atoms with Crippen LogP contribution in [0.4, 0.5) is 5.69 Å². The van der Waals surface area contributed by atoms with Crippen LogP contribution in [0.1, 0.15) is 31.7 Å². The number of nitro benzene ring substituents is 1. The molecule has 1 aromatic carbocycles. The lowest BCUT2D eigenvalue weighted by atomic mass is 9.94. The number of hydrogen-bond acceptors (Lipinski definition) is 3. The first-order valence-electron chi connectivity index (χ1n) is 6.64. The van der Waals surface area contributed by atoms with E-state index in [0.29, 0.717) is 18.7 Å². The van der Waals surface area contributed by atoms with Crippen molar-refractivity contribution in [3.8, 4) is 0 Å². The van der Waals surface area contributed by atoms with Gasteiger partial charge in [0, 0.05) is 24.1 Å². The van der Waals surface area contributed by atoms with Gasteiger partial charge in [-0.2, -0.15) is 0 Å². The Hall–Kier alpha value is -1.91. The van der Waals surface area contributed by atoms with E-state index < -0.39 is 0 Å². The Morgan fingerprint density at radius 2 is 2.16 bits per heavy atom. The molecule has 0 aromatic heterocycles. The number of amides is 1. The van der Waals surface area contributed by atoms with Gasteiger partial charge in [0.05, 0.1) is 11.5 Å². The number of rotatable bonds is 4. The molecule has 0 radical (unpaired) electrons. The molecule has 0 spiro atoms. The highest BCUT2D eigenvalue weighted by Crippen LogP contribution is 2.25. The fourth-order valence-electron chi connectivity index (χ4n) is 2.58. The fraction of sp³-hybridized carbons (Fsp3) is 0.500. The van der Waals surface area contributed by atoms with E-state index in [1.807, 2.05) is 6.92 Å². The van der Waals surface area contributed by atoms with E-state index in [9.17, 15) is 14.9 Å². The maximum Gasteiger partial charge on any atom is 0.274 e. The summed E-state index contributed by atoms with van der Waals surface area (Å²) in [6.45, 7) is 3.05. The predicted octanol–water partition coefficient (Wildman–Crippen LogP) is 2.74. The first-order valence-corrected chi connectivity index (χ1v) is 6.64. The molecule has 19 heavy (non-hydrogen) atoms. The van der Waals surface area contributed by atoms with Crippen LogP contribution in [0.15, 0.2) is 24.3 Å². The minimum atomic E-state index is -0.388. The van der Waals surface area contributed by atoms with Gasteiger partial charge in [-0.15, -0.1) is 0 Å². The Balaban J connectivity index is 2.17. The van der Waals surface area contributed by atoms with Crippen LogP contribution >= 0.6 is 0 Å². The molecule has 5 nitrogen and oxygen atoms in total. The Morgan fingerprint density at radius 1 is 1.42 bits per heavy atom. The number of likely N-dealkylation sites (tertiary alicyclic amines) is 1. The van der Waals surface area contributed by atoms with Crippen molar-refractivity contribution in [2.45, 2.75) is 32.7 Å². The Labute approximate surface area is 112 Å². The molecular formula is C14H18N2O3. The van der Waals surface area contributed by atoms with Crippen LogP contribution in [0.3, 0.4) is 0 Å². The number of carbonyl (C=O) groups is 1. The highest BCUT2D eigenvalue weighted by atomic mass is 16.6. The summed E-state index contributed by atoms with van der Waals surface area (Å²) in [6, 6.07) is 6.63. The maximum atomic E-state index is 12.2. The molecule has 1 aliphatic rings. The zero-order valence-corrected chi connectivity index (χ0v) is 11.0. The van der Waals surface area contributed by atoms with E-state index >= 15 is 0 Å². The van der Waals surface area contributed by atoms with Crippen molar-refractivity contribution in [1.29, 1.82) is 0 Å². The van der Waals surface area contributed by atoms with E-state index in [1.54, 1.807) is 23.1 Å². The van der Waals surface area contributed by atoms with Gasteiger partial charge in [-0.3, -0.25) is 14.9 Å². The van der Waals surface area contributed by atoms with Gasteiger partial charge >= 0.3 is 0 Å². The van der Waals surface area contributed by atoms with Gasteiger partial charge in [-0.25, -0.2) is 0 Å². The van der Waals surface area contributed by atoms with Gasteiger partial charge in [-0.1, -0.05) is 25.1 Å². The summed E-state index contributed by atoms with van der Waals surface area (Å²) in [4.78, 5) is 24.5. The van der Waals surface area contributed by atoms with Gasteiger partial charge in [0.2, 0.25) is 5.91 Å². The molecule has 1 saturated heterocycles. The molecular weight excluding hydrogens is 244 g/mol. The molecule has 5 heteroatoms. The zero-order chi connectivity index (χ0) is 13.8. The number of para-hydroxylation sites is 1. The molecule has 0 bridgehead atoms. The largest absolute Gasteiger partial charge is 0.338 e. The number of benzene rings is 1. The number of nitrogens with zero attached hydrogens (tertiary/aromatic N) is 2. The first-order chi connectivity index (χ1) is 9.13. The molecule has 0 N–H and O–H groups in total. The molecule has 0 saturated carbocycles. The normalized spacial score (nSPS) is 19.5. The SMILES string of the molecule is CCC1CCCN(Cc2ccccc2[N+](=O)[O-])C1=O. The highest BCUT2D eigenvalue weighted by Gasteiger charge is 2.28. The second-order valence-electron chi connectivity index (χ2n) is 4.89. The minimum absolute atomic E-state index is 0.0801. The highest BCUT2D eigenvalue weighted by molar-refractivity contribution is 5.79. The minimum Gasteiger partial charge on any atom is -0.338 e. The summed E-state index contributed by atoms with van der Waals surface area (Å²) in [6.07, 6.45) is 2.75. The van der Waals surface area contributed by atoms with Crippen LogP contribution in [-0.2, 0) is 11.3 Å². The van der Waals surface area contributed by atoms with Crippen LogP contribution in [0.25, 0.3) is 0 Å². The quantitative estimate of drug-likeness (QED) is 0.619. The summed E-state index contributed by atoms with van der Waals surface area (Å²) >= 11 is 0. The second kappa shape index (κ2) is 5.82. The average Bonchev–Trinajstić information content (AvgIpc) is 2.41. The van der Waals surface area contributed by atoms with E-state index in [0.717, 1.165) is 19.3 Å². The number of hydrogen-bond donors (Lipinski definition) is 0. The van der Waals surface area contributed by atoms with Crippen molar-refractivity contribution >= 4 is 11.6 Å². The topological polar surface area (TPSA) is 63.4 Å². The molecule has 1 unspecified atom stereocenters. The molecule has 2 rings (SSSR count). The van der Waals surface area contributed by atoms with Crippen molar-refractivity contribution in [3.05, 3.63) is 39.9 Å². The third-order valence-corrected chi connectivity index (χ3v) is 3.68. The standard InChI is InChI=1S/C14H18N2O3/c1-2-11-7-5-9-15(14(11)17)10-12-6-3-4-8-13(12)16(18)19/h3-4,6,8,11H,2,5,7,9-10H2,1H3. The molecule has 1 amide bonds. The number of piperidine rings is 1. The molecule has 1 heterocycles. The van der Waals surface area contributed by atoms with Crippen LogP contribution in [0.2, 0.25) is 0 Å². The fourth-order valence-corrected chi connectivity index (χ4v) is 2.58. The smallest absolute Gasteiger partial charge is 0.274 e. The number of nitro groups is 1. The Bertz CT molecular complexity index is 487. The maximum absolute atomic E-state index is 12.2. The third-order valence-electron chi connectivity index (χ3n) is 3.68. The third kappa shape index (κ3) is 2.92. The predicted molar refractivity (Wildman–Crippen MR) is 71.5 cm³/mol. The monoisotopic (exact) mass is 262 g/mol. The molecule has 102 valence electrons. The van der Waals surface area contributed by atoms with Gasteiger partial charge in [0.15, 0.2) is 0 Å². The van der Waals surface area contributed by atoms with Gasteiger partial charge < -0.3 is 4.90 Å². The van der Waals surface area contributed by atoms with Crippen molar-refractivity contribution in [3.63, 3.8) is 0 Å². The van der Waals surface area contributed by atoms with Crippen molar-refractivity contribution < 1.29 is 9.72 Å². The lowest BCUT2D eigenvalue weighted by Gasteiger charge is -2.31. The van der Waals surface area contributed by atoms with E-state index in [-0.39, 0.29) is 22.4 Å². The molecule has 1 aliphatic heterocycles. The lowest BCUT2D eigenvalue weighted by Crippen LogP contribution is -2.40. The summed E-state index contributed by atoms with van der Waals surface area (Å²) in [5.41, 5.74) is 0.700. The molecule has 1 atom stereocenters. The molecule has 1 aromatic rings. The van der Waals surface area contributed by atoms with E-state index in [1.165, 1.54) is 6.07 Å². The van der Waals surface area contributed by atoms with E-state index in [4.69, 9.17) is 0 Å². The zero-order valence-electron chi connectivity index (χ0n) is 11.0. The second-order valence-corrected chi connectivity index (χ2v) is 4.89. The summed E-state index contributed by atoms with van der Waals surface area (Å²) in [5.74, 6) is 0.211. The van der Waals surface area contributed by atoms with Gasteiger partial charge in [-0.05, 0) is 19.3 Å². The summed E-state index contributed by atoms with van der Waals surface area (Å²) in [7, 11) is 0. The molecule has 0 aliphatic carbocycles. The summed E-state index contributed by atoms with van der Waals surface area (Å²) < 4.78 is 0. The van der Waals surface area contributed by atoms with Crippen LogP contribution in [0, 0.1) is 16.0 Å². The van der Waals surface area contributed by atoms with Crippen LogP contribution < -0.4 is 0 Å². The van der Waals surface area contributed by atoms with Gasteiger partial charge in [0.25, 0.3) is 5.69 Å². The first kappa shape index (κ1) is 13.5. The van der Waals surface area contributed by atoms with Crippen LogP contribution in [0.5, 0.6) is 0 Å². The Kier molecular flexibility index (Phi) is 4.14. The van der Waals surface area contributed by atoms with Crippen molar-refractivity contribution in [1.82, 2.24) is 4.90 Å². The lowest BCUT2D eigenvalue weighted by molar-refractivity contribution is -0.385. The van der Waals surface area contributed by atoms with Crippen LogP contribution in [-0.4, -0.2) is 22.3 Å². The van der Waals surface area contributed by atoms with E-state index in [2.05, 4.69) is 0 Å². The van der Waals surface area contributed by atoms with Crippen molar-refractivity contribution in [2.75, 3.05) is 6.54 Å². The summed E-state index contributed by atoms with van der Waals surface area (Å²) in [5, 5.41) is 11.0.